The number of nitrogens with two attached hydrogens (primary N) is 1. The van der Waals surface area contributed by atoms with Crippen molar-refractivity contribution in [2.75, 3.05) is 25.1 Å². The molecule has 0 saturated carbocycles. The van der Waals surface area contributed by atoms with Gasteiger partial charge in [0.05, 0.1) is 12.6 Å². The fourth-order valence-electron chi connectivity index (χ4n) is 1.72. The molecule has 0 aliphatic rings. The Kier molecular flexibility index (Phi) is 11.8. The summed E-state index contributed by atoms with van der Waals surface area (Å²) in [7, 11) is 0. The van der Waals surface area contributed by atoms with E-state index in [0.717, 1.165) is 0 Å². The zero-order valence-electron chi connectivity index (χ0n) is 14.3. The smallest absolute Gasteiger partial charge is 0.322 e. The van der Waals surface area contributed by atoms with E-state index in [4.69, 9.17) is 15.9 Å². The van der Waals surface area contributed by atoms with Crippen LogP contribution in [-0.4, -0.2) is 77.1 Å². The van der Waals surface area contributed by atoms with Gasteiger partial charge in [0.1, 0.15) is 12.6 Å². The van der Waals surface area contributed by atoms with Crippen LogP contribution in [0.25, 0.3) is 0 Å². The highest BCUT2D eigenvalue weighted by molar-refractivity contribution is 7.98. The molecular weight excluding hydrogens is 368 g/mol. The first kappa shape index (κ1) is 23.7. The first-order chi connectivity index (χ1) is 12.2. The van der Waals surface area contributed by atoms with E-state index in [-0.39, 0.29) is 19.3 Å². The van der Waals surface area contributed by atoms with Gasteiger partial charge in [-0.3, -0.25) is 24.0 Å². The number of carbonyl (C=O) groups excluding carboxylic acids is 3. The largest absolute Gasteiger partial charge is 0.481 e. The summed E-state index contributed by atoms with van der Waals surface area (Å²) in [6, 6.07) is -2.02. The van der Waals surface area contributed by atoms with Crippen molar-refractivity contribution in [2.24, 2.45) is 5.73 Å². The summed E-state index contributed by atoms with van der Waals surface area (Å²) in [5, 5.41) is 23.9. The number of aliphatic carboxylic acids is 2. The fraction of sp³-hybridized carbons (Fsp3) is 0.643. The molecule has 11 nitrogen and oxygen atoms in total. The highest BCUT2D eigenvalue weighted by Gasteiger charge is 2.24. The van der Waals surface area contributed by atoms with E-state index in [9.17, 15) is 24.0 Å². The van der Waals surface area contributed by atoms with Crippen molar-refractivity contribution in [1.82, 2.24) is 16.0 Å². The van der Waals surface area contributed by atoms with Gasteiger partial charge in [-0.15, -0.1) is 0 Å². The third-order valence-corrected chi connectivity index (χ3v) is 3.75. The molecule has 2 unspecified atom stereocenters. The van der Waals surface area contributed by atoms with Crippen LogP contribution in [0.15, 0.2) is 0 Å². The number of carbonyl (C=O) groups is 5. The van der Waals surface area contributed by atoms with E-state index in [1.807, 2.05) is 6.26 Å². The van der Waals surface area contributed by atoms with E-state index in [1.165, 1.54) is 11.8 Å². The van der Waals surface area contributed by atoms with Crippen molar-refractivity contribution in [1.29, 1.82) is 0 Å². The fourth-order valence-corrected chi connectivity index (χ4v) is 2.19. The van der Waals surface area contributed by atoms with Gasteiger partial charge in [0.25, 0.3) is 0 Å². The Hall–Kier alpha value is -2.34. The average Bonchev–Trinajstić information content (AvgIpc) is 2.58. The first-order valence-electron chi connectivity index (χ1n) is 7.70. The third-order valence-electron chi connectivity index (χ3n) is 3.11. The van der Waals surface area contributed by atoms with Crippen LogP contribution in [0.1, 0.15) is 19.3 Å². The molecule has 0 bridgehead atoms. The van der Waals surface area contributed by atoms with Crippen molar-refractivity contribution in [3.8, 4) is 0 Å². The van der Waals surface area contributed by atoms with Gasteiger partial charge in [-0.1, -0.05) is 0 Å². The van der Waals surface area contributed by atoms with Gasteiger partial charge in [0.2, 0.25) is 17.7 Å². The minimum Gasteiger partial charge on any atom is -0.481 e. The van der Waals surface area contributed by atoms with Gasteiger partial charge in [0, 0.05) is 6.42 Å². The molecule has 2 atom stereocenters. The van der Waals surface area contributed by atoms with Gasteiger partial charge in [0.15, 0.2) is 0 Å². The predicted octanol–water partition coefficient (Wildman–Crippen LogP) is -2.27. The van der Waals surface area contributed by atoms with Crippen molar-refractivity contribution in [3.05, 3.63) is 0 Å². The lowest BCUT2D eigenvalue weighted by Crippen LogP contribution is -2.53. The lowest BCUT2D eigenvalue weighted by Gasteiger charge is -2.20. The first-order valence-corrected chi connectivity index (χ1v) is 9.09. The van der Waals surface area contributed by atoms with Crippen LogP contribution in [0.2, 0.25) is 0 Å². The minimum absolute atomic E-state index is 0.0738. The molecule has 26 heavy (non-hydrogen) atoms. The Morgan fingerprint density at radius 2 is 1.62 bits per heavy atom. The standard InChI is InChI=1S/C14H24N4O7S/c1-26-5-4-9(18-13(24)8(15)2-3-11(20)21)14(25)17-6-10(19)16-7-12(22)23/h8-9H,2-7,15H2,1H3,(H,16,19)(H,17,25)(H,18,24)(H,20,21)(H,22,23). The molecule has 0 heterocycles. The summed E-state index contributed by atoms with van der Waals surface area (Å²) in [5.74, 6) is -3.73. The summed E-state index contributed by atoms with van der Waals surface area (Å²) in [6.45, 7) is -1.01. The lowest BCUT2D eigenvalue weighted by atomic mass is 10.1. The third kappa shape index (κ3) is 11.3. The van der Waals surface area contributed by atoms with Crippen LogP contribution in [0.3, 0.4) is 0 Å². The Balaban J connectivity index is 4.58. The van der Waals surface area contributed by atoms with Gasteiger partial charge >= 0.3 is 11.9 Å². The Labute approximate surface area is 154 Å². The number of thioether (sulfide) groups is 1. The number of amides is 3. The van der Waals surface area contributed by atoms with Gasteiger partial charge < -0.3 is 31.9 Å². The molecule has 148 valence electrons. The maximum atomic E-state index is 12.1. The molecule has 0 aliphatic carbocycles. The quantitative estimate of drug-likeness (QED) is 0.201. The monoisotopic (exact) mass is 392 g/mol. The lowest BCUT2D eigenvalue weighted by molar-refractivity contribution is -0.138. The van der Waals surface area contributed by atoms with Crippen LogP contribution in [0, 0.1) is 0 Å². The molecule has 0 spiro atoms. The molecule has 0 radical (unpaired) electrons. The van der Waals surface area contributed by atoms with Crippen LogP contribution >= 0.6 is 11.8 Å². The van der Waals surface area contributed by atoms with Crippen LogP contribution in [0.5, 0.6) is 0 Å². The summed E-state index contributed by atoms with van der Waals surface area (Å²) < 4.78 is 0. The summed E-state index contributed by atoms with van der Waals surface area (Å²) >= 11 is 1.45. The topological polar surface area (TPSA) is 188 Å². The second-order valence-corrected chi connectivity index (χ2v) is 6.26. The highest BCUT2D eigenvalue weighted by atomic mass is 32.2. The Morgan fingerprint density at radius 3 is 2.15 bits per heavy atom. The van der Waals surface area contributed by atoms with E-state index >= 15 is 0 Å². The number of carboxylic acids is 2. The molecule has 0 aromatic heterocycles. The van der Waals surface area contributed by atoms with E-state index in [1.54, 1.807) is 0 Å². The van der Waals surface area contributed by atoms with Crippen LogP contribution in [-0.2, 0) is 24.0 Å². The van der Waals surface area contributed by atoms with Crippen molar-refractivity contribution < 1.29 is 34.2 Å². The summed E-state index contributed by atoms with van der Waals surface area (Å²) in [6.07, 6.45) is 1.74. The van der Waals surface area contributed by atoms with E-state index < -0.39 is 54.8 Å². The maximum Gasteiger partial charge on any atom is 0.322 e. The van der Waals surface area contributed by atoms with Gasteiger partial charge in [-0.05, 0) is 24.9 Å². The molecular formula is C14H24N4O7S. The molecule has 0 aromatic rings. The predicted molar refractivity (Wildman–Crippen MR) is 93.4 cm³/mol. The molecule has 7 N–H and O–H groups in total. The maximum absolute atomic E-state index is 12.1. The Morgan fingerprint density at radius 1 is 0.962 bits per heavy atom. The summed E-state index contributed by atoms with van der Waals surface area (Å²) in [4.78, 5) is 56.4. The molecule has 0 aromatic carbocycles. The second kappa shape index (κ2) is 12.9. The molecule has 3 amide bonds. The highest BCUT2D eigenvalue weighted by Crippen LogP contribution is 2.03. The number of hydrogen-bond donors (Lipinski definition) is 6. The molecule has 0 fully saturated rings. The SMILES string of the molecule is CSCCC(NC(=O)C(N)CCC(=O)O)C(=O)NCC(=O)NCC(=O)O. The minimum atomic E-state index is -1.22. The van der Waals surface area contributed by atoms with Crippen LogP contribution < -0.4 is 21.7 Å². The van der Waals surface area contributed by atoms with Crippen molar-refractivity contribution in [3.63, 3.8) is 0 Å². The van der Waals surface area contributed by atoms with Crippen LogP contribution in [0.4, 0.5) is 0 Å². The van der Waals surface area contributed by atoms with Crippen molar-refractivity contribution in [2.45, 2.75) is 31.3 Å². The average molecular weight is 392 g/mol. The molecule has 0 saturated heterocycles. The number of hydrogen-bond acceptors (Lipinski definition) is 7. The van der Waals surface area contributed by atoms with Gasteiger partial charge in [-0.25, -0.2) is 0 Å². The van der Waals surface area contributed by atoms with E-state index in [2.05, 4.69) is 16.0 Å². The number of nitrogens with one attached hydrogen (secondary N) is 3. The van der Waals surface area contributed by atoms with Gasteiger partial charge in [-0.2, -0.15) is 11.8 Å². The normalized spacial score (nSPS) is 12.5. The summed E-state index contributed by atoms with van der Waals surface area (Å²) in [5.41, 5.74) is 5.60. The van der Waals surface area contributed by atoms with E-state index in [0.29, 0.717) is 5.75 Å². The Bertz CT molecular complexity index is 529. The number of rotatable bonds is 13. The van der Waals surface area contributed by atoms with Crippen molar-refractivity contribution >= 4 is 41.4 Å². The zero-order valence-corrected chi connectivity index (χ0v) is 15.1. The zero-order chi connectivity index (χ0) is 20.1. The molecule has 0 aliphatic heterocycles. The second-order valence-electron chi connectivity index (χ2n) is 5.27. The molecule has 12 heteroatoms. The number of carboxylic acid groups (broad SMARTS) is 2. The molecule has 0 rings (SSSR count).